The van der Waals surface area contributed by atoms with Crippen molar-refractivity contribution in [3.63, 3.8) is 0 Å². The van der Waals surface area contributed by atoms with Gasteiger partial charge in [-0.05, 0) is 47.9 Å². The van der Waals surface area contributed by atoms with Crippen molar-refractivity contribution in [3.05, 3.63) is 63.7 Å². The molecule has 144 valence electrons. The lowest BCUT2D eigenvalue weighted by atomic mass is 9.97. The smallest absolute Gasteiger partial charge is 0.335 e. The van der Waals surface area contributed by atoms with Crippen molar-refractivity contribution in [2.75, 3.05) is 24.5 Å². The molecule has 2 aliphatic rings. The SMILES string of the molecule is O=C(O)c1ccc2c(c1)CN(C(=O)c1cc(N3CCNC3=O)ccc1Cl)CC2. The third kappa shape index (κ3) is 3.29. The highest BCUT2D eigenvalue weighted by Crippen LogP contribution is 2.28. The Kier molecular flexibility index (Phi) is 4.68. The van der Waals surface area contributed by atoms with Crippen LogP contribution in [0.4, 0.5) is 10.5 Å². The highest BCUT2D eigenvalue weighted by molar-refractivity contribution is 6.34. The summed E-state index contributed by atoms with van der Waals surface area (Å²) in [7, 11) is 0. The van der Waals surface area contributed by atoms with Gasteiger partial charge >= 0.3 is 12.0 Å². The number of hydrogen-bond donors (Lipinski definition) is 2. The molecular formula is C20H18ClN3O4. The van der Waals surface area contributed by atoms with Crippen molar-refractivity contribution in [2.24, 2.45) is 0 Å². The van der Waals surface area contributed by atoms with Gasteiger partial charge in [-0.15, -0.1) is 0 Å². The molecule has 0 aromatic heterocycles. The number of carboxylic acid groups (broad SMARTS) is 1. The lowest BCUT2D eigenvalue weighted by molar-refractivity contribution is 0.0696. The van der Waals surface area contributed by atoms with Gasteiger partial charge in [-0.25, -0.2) is 9.59 Å². The van der Waals surface area contributed by atoms with Crippen LogP contribution in [0.15, 0.2) is 36.4 Å². The number of halogens is 1. The number of fused-ring (bicyclic) bond motifs is 1. The summed E-state index contributed by atoms with van der Waals surface area (Å²) in [6.07, 6.45) is 0.646. The lowest BCUT2D eigenvalue weighted by Crippen LogP contribution is -2.36. The van der Waals surface area contributed by atoms with E-state index in [4.69, 9.17) is 11.6 Å². The number of carbonyl (C=O) groups is 3. The summed E-state index contributed by atoms with van der Waals surface area (Å²) in [6.45, 7) is 1.92. The standard InChI is InChI=1S/C20H18ClN3O4/c21-17-4-3-15(24-8-6-22-20(24)28)10-16(17)18(25)23-7-5-12-1-2-13(19(26)27)9-14(12)11-23/h1-4,9-10H,5-8,11H2,(H,22,28)(H,26,27). The Morgan fingerprint density at radius 2 is 1.89 bits per heavy atom. The number of amides is 3. The zero-order chi connectivity index (χ0) is 19.8. The van der Waals surface area contributed by atoms with Gasteiger partial charge in [0.1, 0.15) is 0 Å². The fourth-order valence-corrected chi connectivity index (χ4v) is 3.80. The average Bonchev–Trinajstić information content (AvgIpc) is 3.13. The maximum atomic E-state index is 13.1. The fraction of sp³-hybridized carbons (Fsp3) is 0.250. The molecule has 2 heterocycles. The number of nitrogens with zero attached hydrogens (tertiary/aromatic N) is 2. The fourth-order valence-electron chi connectivity index (χ4n) is 3.60. The Bertz CT molecular complexity index is 991. The number of carboxylic acids is 1. The van der Waals surface area contributed by atoms with Crippen LogP contribution in [-0.4, -0.2) is 47.5 Å². The molecule has 2 aromatic rings. The molecule has 3 amide bonds. The summed E-state index contributed by atoms with van der Waals surface area (Å²) in [5.41, 5.74) is 3.02. The molecule has 0 spiro atoms. The second-order valence-electron chi connectivity index (χ2n) is 6.81. The topological polar surface area (TPSA) is 89.9 Å². The summed E-state index contributed by atoms with van der Waals surface area (Å²) >= 11 is 6.28. The van der Waals surface area contributed by atoms with Gasteiger partial charge in [0.15, 0.2) is 0 Å². The van der Waals surface area contributed by atoms with Crippen molar-refractivity contribution >= 4 is 35.2 Å². The molecule has 2 aromatic carbocycles. The first kappa shape index (κ1) is 18.3. The molecule has 0 bridgehead atoms. The summed E-state index contributed by atoms with van der Waals surface area (Å²) < 4.78 is 0. The molecule has 8 heteroatoms. The van der Waals surface area contributed by atoms with E-state index in [1.165, 1.54) is 0 Å². The van der Waals surface area contributed by atoms with E-state index in [1.807, 2.05) is 0 Å². The number of anilines is 1. The molecule has 2 aliphatic heterocycles. The molecule has 0 radical (unpaired) electrons. The largest absolute Gasteiger partial charge is 0.478 e. The molecule has 0 atom stereocenters. The van der Waals surface area contributed by atoms with Crippen LogP contribution in [0.1, 0.15) is 31.8 Å². The molecule has 0 saturated carbocycles. The van der Waals surface area contributed by atoms with Crippen LogP contribution < -0.4 is 10.2 Å². The Labute approximate surface area is 166 Å². The van der Waals surface area contributed by atoms with E-state index in [0.29, 0.717) is 48.9 Å². The van der Waals surface area contributed by atoms with Crippen molar-refractivity contribution in [3.8, 4) is 0 Å². The summed E-state index contributed by atoms with van der Waals surface area (Å²) in [5, 5.41) is 12.2. The molecule has 1 fully saturated rings. The van der Waals surface area contributed by atoms with E-state index in [1.54, 1.807) is 46.2 Å². The van der Waals surface area contributed by atoms with E-state index >= 15 is 0 Å². The maximum Gasteiger partial charge on any atom is 0.335 e. The predicted octanol–water partition coefficient (Wildman–Crippen LogP) is 2.77. The maximum absolute atomic E-state index is 13.1. The molecule has 0 unspecified atom stereocenters. The molecule has 2 N–H and O–H groups in total. The first-order valence-electron chi connectivity index (χ1n) is 8.93. The van der Waals surface area contributed by atoms with E-state index in [2.05, 4.69) is 5.32 Å². The Balaban J connectivity index is 1.60. The Hall–Kier alpha value is -3.06. The highest BCUT2D eigenvalue weighted by Gasteiger charge is 2.27. The average molecular weight is 400 g/mol. The van der Waals surface area contributed by atoms with Crippen LogP contribution in [0.2, 0.25) is 5.02 Å². The quantitative estimate of drug-likeness (QED) is 0.830. The van der Waals surface area contributed by atoms with E-state index < -0.39 is 5.97 Å². The second-order valence-corrected chi connectivity index (χ2v) is 7.22. The third-order valence-corrected chi connectivity index (χ3v) is 5.43. The highest BCUT2D eigenvalue weighted by atomic mass is 35.5. The van der Waals surface area contributed by atoms with Crippen molar-refractivity contribution in [1.29, 1.82) is 0 Å². The Morgan fingerprint density at radius 1 is 1.07 bits per heavy atom. The van der Waals surface area contributed by atoms with Gasteiger partial charge in [-0.1, -0.05) is 17.7 Å². The zero-order valence-corrected chi connectivity index (χ0v) is 15.7. The van der Waals surface area contributed by atoms with Crippen LogP contribution in [0, 0.1) is 0 Å². The summed E-state index contributed by atoms with van der Waals surface area (Å²) in [4.78, 5) is 39.5. The molecule has 0 aliphatic carbocycles. The van der Waals surface area contributed by atoms with E-state index in [-0.39, 0.29) is 17.5 Å². The number of urea groups is 1. The molecule has 7 nitrogen and oxygen atoms in total. The first-order chi connectivity index (χ1) is 13.4. The number of carbonyl (C=O) groups excluding carboxylic acids is 2. The number of hydrogen-bond acceptors (Lipinski definition) is 3. The summed E-state index contributed by atoms with van der Waals surface area (Å²) in [5.74, 6) is -1.23. The molecule has 1 saturated heterocycles. The van der Waals surface area contributed by atoms with Gasteiger partial charge in [-0.2, -0.15) is 0 Å². The molecule has 28 heavy (non-hydrogen) atoms. The zero-order valence-electron chi connectivity index (χ0n) is 14.9. The van der Waals surface area contributed by atoms with Gasteiger partial charge in [0.2, 0.25) is 0 Å². The van der Waals surface area contributed by atoms with Crippen LogP contribution in [0.5, 0.6) is 0 Å². The van der Waals surface area contributed by atoms with Gasteiger partial charge in [-0.3, -0.25) is 9.69 Å². The van der Waals surface area contributed by atoms with Gasteiger partial charge in [0.05, 0.1) is 16.1 Å². The molecule has 4 rings (SSSR count). The number of aromatic carboxylic acids is 1. The van der Waals surface area contributed by atoms with Crippen LogP contribution in [0.25, 0.3) is 0 Å². The van der Waals surface area contributed by atoms with Gasteiger partial charge in [0, 0.05) is 31.9 Å². The summed E-state index contributed by atoms with van der Waals surface area (Å²) in [6, 6.07) is 9.78. The lowest BCUT2D eigenvalue weighted by Gasteiger charge is -2.29. The van der Waals surface area contributed by atoms with Crippen LogP contribution in [0.3, 0.4) is 0 Å². The normalized spacial score (nSPS) is 16.0. The monoisotopic (exact) mass is 399 g/mol. The minimum absolute atomic E-state index is 0.200. The number of benzene rings is 2. The second kappa shape index (κ2) is 7.16. The van der Waals surface area contributed by atoms with Gasteiger partial charge in [0.25, 0.3) is 5.91 Å². The minimum Gasteiger partial charge on any atom is -0.478 e. The van der Waals surface area contributed by atoms with Crippen molar-refractivity contribution in [1.82, 2.24) is 10.2 Å². The van der Waals surface area contributed by atoms with Crippen LogP contribution >= 0.6 is 11.6 Å². The van der Waals surface area contributed by atoms with Crippen LogP contribution in [-0.2, 0) is 13.0 Å². The van der Waals surface area contributed by atoms with E-state index in [0.717, 1.165) is 11.1 Å². The van der Waals surface area contributed by atoms with Crippen molar-refractivity contribution < 1.29 is 19.5 Å². The van der Waals surface area contributed by atoms with Gasteiger partial charge < -0.3 is 15.3 Å². The first-order valence-corrected chi connectivity index (χ1v) is 9.31. The Morgan fingerprint density at radius 3 is 2.61 bits per heavy atom. The predicted molar refractivity (Wildman–Crippen MR) is 104 cm³/mol. The van der Waals surface area contributed by atoms with Crippen molar-refractivity contribution in [2.45, 2.75) is 13.0 Å². The number of nitrogens with one attached hydrogen (secondary N) is 1. The third-order valence-electron chi connectivity index (χ3n) is 5.10. The van der Waals surface area contributed by atoms with E-state index in [9.17, 15) is 19.5 Å². The number of rotatable bonds is 3. The molecular weight excluding hydrogens is 382 g/mol. The minimum atomic E-state index is -0.995.